The Kier molecular flexibility index (Phi) is 2.76. The fourth-order valence-corrected chi connectivity index (χ4v) is 3.87. The van der Waals surface area contributed by atoms with Crippen LogP contribution in [0.25, 0.3) is 0 Å². The maximum atomic E-state index is 3.67. The van der Waals surface area contributed by atoms with Crippen molar-refractivity contribution in [1.82, 2.24) is 0 Å². The van der Waals surface area contributed by atoms with Gasteiger partial charge < -0.3 is 10.2 Å². The van der Waals surface area contributed by atoms with Crippen molar-refractivity contribution < 1.29 is 0 Å². The molecule has 1 N–H and O–H groups in total. The molecule has 0 saturated heterocycles. The van der Waals surface area contributed by atoms with Gasteiger partial charge in [-0.05, 0) is 51.3 Å². The van der Waals surface area contributed by atoms with Crippen molar-refractivity contribution in [2.45, 2.75) is 58.0 Å². The Hall–Kier alpha value is -1.18. The molecule has 1 heterocycles. The van der Waals surface area contributed by atoms with Gasteiger partial charge in [0.05, 0.1) is 16.9 Å². The summed E-state index contributed by atoms with van der Waals surface area (Å²) in [5.41, 5.74) is 4.45. The number of hydrogen-bond donors (Lipinski definition) is 1. The van der Waals surface area contributed by atoms with Crippen LogP contribution in [-0.4, -0.2) is 18.1 Å². The van der Waals surface area contributed by atoms with Gasteiger partial charge >= 0.3 is 0 Å². The zero-order chi connectivity index (χ0) is 12.8. The van der Waals surface area contributed by atoms with Crippen LogP contribution in [0.4, 0.5) is 11.4 Å². The topological polar surface area (TPSA) is 15.3 Å². The van der Waals surface area contributed by atoms with E-state index in [0.29, 0.717) is 11.6 Å². The van der Waals surface area contributed by atoms with Crippen LogP contribution in [0.5, 0.6) is 0 Å². The molecule has 1 fully saturated rings. The van der Waals surface area contributed by atoms with Crippen LogP contribution in [0.15, 0.2) is 18.2 Å². The summed E-state index contributed by atoms with van der Waals surface area (Å²) in [5.74, 6) is 0. The molecule has 1 aliphatic carbocycles. The second-order valence-corrected chi connectivity index (χ2v) is 6.27. The Morgan fingerprint density at radius 3 is 2.61 bits per heavy atom. The molecule has 1 aromatic carbocycles. The van der Waals surface area contributed by atoms with Crippen LogP contribution < -0.4 is 10.2 Å². The average Bonchev–Trinajstić information content (AvgIpc) is 2.77. The van der Waals surface area contributed by atoms with Crippen molar-refractivity contribution in [2.24, 2.45) is 0 Å². The van der Waals surface area contributed by atoms with Crippen LogP contribution in [0.1, 0.15) is 45.1 Å². The van der Waals surface area contributed by atoms with Crippen molar-refractivity contribution in [3.05, 3.63) is 23.8 Å². The summed E-state index contributed by atoms with van der Waals surface area (Å²) in [7, 11) is 0. The number of nitrogens with one attached hydrogen (secondary N) is 1. The molecule has 1 aromatic rings. The third-order valence-electron chi connectivity index (χ3n) is 4.58. The van der Waals surface area contributed by atoms with E-state index in [9.17, 15) is 0 Å². The van der Waals surface area contributed by atoms with E-state index in [1.165, 1.54) is 42.6 Å². The predicted molar refractivity (Wildman–Crippen MR) is 78.5 cm³/mol. The first kappa shape index (κ1) is 11.9. The van der Waals surface area contributed by atoms with Gasteiger partial charge in [-0.3, -0.25) is 0 Å². The molecule has 0 bridgehead atoms. The van der Waals surface area contributed by atoms with E-state index < -0.39 is 0 Å². The third-order valence-corrected chi connectivity index (χ3v) is 4.58. The van der Waals surface area contributed by atoms with Crippen molar-refractivity contribution in [3.8, 4) is 0 Å². The molecule has 0 unspecified atom stereocenters. The molecule has 2 heteroatoms. The highest BCUT2D eigenvalue weighted by Crippen LogP contribution is 2.45. The van der Waals surface area contributed by atoms with Crippen LogP contribution in [0.3, 0.4) is 0 Å². The van der Waals surface area contributed by atoms with E-state index in [4.69, 9.17) is 0 Å². The quantitative estimate of drug-likeness (QED) is 0.804. The third kappa shape index (κ3) is 1.70. The van der Waals surface area contributed by atoms with Crippen LogP contribution >= 0.6 is 0 Å². The van der Waals surface area contributed by atoms with E-state index in [1.807, 2.05) is 0 Å². The van der Waals surface area contributed by atoms with Gasteiger partial charge in [-0.1, -0.05) is 18.9 Å². The van der Waals surface area contributed by atoms with Gasteiger partial charge in [-0.2, -0.15) is 0 Å². The van der Waals surface area contributed by atoms with Crippen LogP contribution in [-0.2, 0) is 0 Å². The molecular weight excluding hydrogens is 220 g/mol. The second kappa shape index (κ2) is 4.18. The normalized spacial score (nSPS) is 21.2. The van der Waals surface area contributed by atoms with Crippen LogP contribution in [0, 0.1) is 6.92 Å². The summed E-state index contributed by atoms with van der Waals surface area (Å²) < 4.78 is 0. The summed E-state index contributed by atoms with van der Waals surface area (Å²) in [6.07, 6.45) is 5.44. The second-order valence-electron chi connectivity index (χ2n) is 6.27. The molecule has 1 aliphatic heterocycles. The van der Waals surface area contributed by atoms with Crippen molar-refractivity contribution in [3.63, 3.8) is 0 Å². The van der Waals surface area contributed by atoms with E-state index in [1.54, 1.807) is 0 Å². The maximum Gasteiger partial charge on any atom is 0.0612 e. The van der Waals surface area contributed by atoms with Crippen LogP contribution in [0.2, 0.25) is 0 Å². The monoisotopic (exact) mass is 244 g/mol. The summed E-state index contributed by atoms with van der Waals surface area (Å²) in [6, 6.07) is 7.37. The predicted octanol–water partition coefficient (Wildman–Crippen LogP) is 3.95. The average molecular weight is 244 g/mol. The molecule has 0 aromatic heterocycles. The smallest absolute Gasteiger partial charge is 0.0612 e. The minimum Gasteiger partial charge on any atom is -0.381 e. The largest absolute Gasteiger partial charge is 0.381 e. The first-order chi connectivity index (χ1) is 8.62. The first-order valence-corrected chi connectivity index (χ1v) is 7.26. The van der Waals surface area contributed by atoms with E-state index in [2.05, 4.69) is 49.2 Å². The zero-order valence-electron chi connectivity index (χ0n) is 11.8. The lowest BCUT2D eigenvalue weighted by atomic mass is 9.89. The summed E-state index contributed by atoms with van der Waals surface area (Å²) >= 11 is 0. The highest BCUT2D eigenvalue weighted by atomic mass is 15.3. The Morgan fingerprint density at radius 1 is 1.22 bits per heavy atom. The molecule has 1 saturated carbocycles. The summed E-state index contributed by atoms with van der Waals surface area (Å²) in [5, 5.41) is 3.67. The number of nitrogens with zero attached hydrogens (tertiary/aromatic N) is 1. The number of anilines is 2. The minimum absolute atomic E-state index is 0.370. The molecule has 98 valence electrons. The molecule has 0 atom stereocenters. The van der Waals surface area contributed by atoms with Gasteiger partial charge in [0.15, 0.2) is 0 Å². The van der Waals surface area contributed by atoms with Gasteiger partial charge in [-0.25, -0.2) is 0 Å². The van der Waals surface area contributed by atoms with Gasteiger partial charge in [0.1, 0.15) is 0 Å². The molecule has 0 amide bonds. The fourth-order valence-electron chi connectivity index (χ4n) is 3.87. The molecule has 18 heavy (non-hydrogen) atoms. The lowest BCUT2D eigenvalue weighted by Gasteiger charge is -2.50. The molecule has 2 nitrogen and oxygen atoms in total. The van der Waals surface area contributed by atoms with Crippen molar-refractivity contribution >= 4 is 11.4 Å². The van der Waals surface area contributed by atoms with Gasteiger partial charge in [0.25, 0.3) is 0 Å². The molecule has 0 radical (unpaired) electrons. The lowest BCUT2D eigenvalue weighted by Crippen LogP contribution is -2.57. The fraction of sp³-hybridized carbons (Fsp3) is 0.625. The highest BCUT2D eigenvalue weighted by molar-refractivity contribution is 5.75. The Labute approximate surface area is 110 Å². The zero-order valence-corrected chi connectivity index (χ0v) is 11.8. The molecule has 3 rings (SSSR count). The molecule has 1 spiro atoms. The standard InChI is InChI=1S/C16H24N2/c1-12(2)18-15-10-13(3)6-7-14(15)17-11-16(18)8-4-5-9-16/h6-7,10,12,17H,4-5,8-9,11H2,1-3H3. The van der Waals surface area contributed by atoms with E-state index in [-0.39, 0.29) is 0 Å². The molecule has 2 aliphatic rings. The van der Waals surface area contributed by atoms with E-state index in [0.717, 1.165) is 6.54 Å². The van der Waals surface area contributed by atoms with Gasteiger partial charge in [-0.15, -0.1) is 0 Å². The Balaban J connectivity index is 2.09. The summed E-state index contributed by atoms with van der Waals surface area (Å²) in [4.78, 5) is 2.69. The lowest BCUT2D eigenvalue weighted by molar-refractivity contribution is 0.381. The maximum absolute atomic E-state index is 3.67. The van der Waals surface area contributed by atoms with Gasteiger partial charge in [0, 0.05) is 12.6 Å². The Morgan fingerprint density at radius 2 is 1.94 bits per heavy atom. The number of fused-ring (bicyclic) bond motifs is 1. The number of hydrogen-bond acceptors (Lipinski definition) is 2. The SMILES string of the molecule is Cc1ccc2c(c1)N(C(C)C)C1(CCCC1)CN2. The Bertz CT molecular complexity index is 444. The first-order valence-electron chi connectivity index (χ1n) is 7.26. The van der Waals surface area contributed by atoms with Gasteiger partial charge in [0.2, 0.25) is 0 Å². The van der Waals surface area contributed by atoms with E-state index >= 15 is 0 Å². The number of aryl methyl sites for hydroxylation is 1. The van der Waals surface area contributed by atoms with Crippen molar-refractivity contribution in [2.75, 3.05) is 16.8 Å². The number of rotatable bonds is 1. The molecular formula is C16H24N2. The highest BCUT2D eigenvalue weighted by Gasteiger charge is 2.43. The van der Waals surface area contributed by atoms with Crippen molar-refractivity contribution in [1.29, 1.82) is 0 Å². The number of benzene rings is 1. The summed E-state index contributed by atoms with van der Waals surface area (Å²) in [6.45, 7) is 7.96. The minimum atomic E-state index is 0.370.